The van der Waals surface area contributed by atoms with Gasteiger partial charge in [-0.3, -0.25) is 95.9 Å². The van der Waals surface area contributed by atoms with Crippen molar-refractivity contribution in [1.82, 2.24) is 95.3 Å². The molecule has 1 rings (SSSR count). The van der Waals surface area contributed by atoms with Crippen molar-refractivity contribution in [2.75, 3.05) is 26.2 Å². The number of likely N-dealkylation sites (tertiary alicyclic amines) is 1. The standard InChI is InChI=1S/C80H140N20O21/c1-27-79(25,95-61(111)51(38-44(7)8)87-57(107)45(9)85-55(105)39-83-63(113)72(11,12)91-46(10)102)69(119)90-49(32-34-54(82)104)59(109)94-80(26,28-2)70(120)99-77(21,22)68(118)96-73(13,14)64(114)84-40-56(106)92-75(17,18)66(116)98-78(23,24)71(121)100-35-29-30-52(100)62(112)88-50(37-43(5)6)60(110)93-76(19,20)67(117)97-74(15,16)65(115)89-48(31-33-53(81)103)58(108)86-47(41-101)36-42(3)4/h42-45,47-52,101H,27-41H2,1-26H3,(H2,81,103)(H2,82,104)(H,83,113)(H,84,114)(H,85,105)(H,86,108)(H,87,107)(H,88,112)(H,89,115)(H,90,119)(H,91,102)(H,92,106)(H,93,110)(H,94,109)(H,95,111)(H,96,118)(H,97,117)(H,98,116)(H,99,120). The number of carbonyl (C=O) groups excluding carboxylic acids is 20. The molecular weight excluding hydrogens is 1580 g/mol. The van der Waals surface area contributed by atoms with Gasteiger partial charge in [-0.15, -0.1) is 0 Å². The molecule has 0 aromatic rings. The number of aliphatic hydroxyl groups excluding tert-OH is 1. The second-order valence-electron chi connectivity index (χ2n) is 36.5. The quantitative estimate of drug-likeness (QED) is 0.0283. The monoisotopic (exact) mass is 1720 g/mol. The molecule has 0 aromatic carbocycles. The van der Waals surface area contributed by atoms with E-state index in [0.29, 0.717) is 12.8 Å². The average Bonchev–Trinajstić information content (AvgIpc) is 1.79. The predicted molar refractivity (Wildman–Crippen MR) is 445 cm³/mol. The smallest absolute Gasteiger partial charge is 0.248 e. The van der Waals surface area contributed by atoms with E-state index in [-0.39, 0.29) is 69.2 Å². The Bertz CT molecular complexity index is 3820. The molecule has 1 saturated heterocycles. The van der Waals surface area contributed by atoms with E-state index in [4.69, 9.17) is 11.5 Å². The van der Waals surface area contributed by atoms with Crippen molar-refractivity contribution in [3.63, 3.8) is 0 Å². The maximum atomic E-state index is 14.4. The first-order chi connectivity index (χ1) is 55.1. The van der Waals surface area contributed by atoms with Crippen LogP contribution >= 0.6 is 0 Å². The zero-order valence-electron chi connectivity index (χ0n) is 75.6. The molecule has 9 unspecified atom stereocenters. The highest BCUT2D eigenvalue weighted by Gasteiger charge is 2.48. The summed E-state index contributed by atoms with van der Waals surface area (Å²) < 4.78 is 0. The van der Waals surface area contributed by atoms with E-state index in [0.717, 1.165) is 0 Å². The fourth-order valence-electron chi connectivity index (χ4n) is 12.2. The van der Waals surface area contributed by atoms with E-state index < -0.39 is 243 Å². The van der Waals surface area contributed by atoms with Crippen LogP contribution in [0.1, 0.15) is 251 Å². The number of primary amides is 2. The molecule has 0 saturated carbocycles. The Labute approximate surface area is 709 Å². The lowest BCUT2D eigenvalue weighted by atomic mass is 9.92. The number of nitrogens with two attached hydrogens (primary N) is 2. The van der Waals surface area contributed by atoms with E-state index >= 15 is 0 Å². The lowest BCUT2D eigenvalue weighted by molar-refractivity contribution is -0.146. The summed E-state index contributed by atoms with van der Waals surface area (Å²) in [4.78, 5) is 272. The number of aliphatic hydroxyl groups is 1. The molecule has 1 aliphatic rings. The Balaban J connectivity index is 3.19. The number of hydrogen-bond acceptors (Lipinski definition) is 21. The van der Waals surface area contributed by atoms with Crippen LogP contribution in [0.25, 0.3) is 0 Å². The first kappa shape index (κ1) is 108. The first-order valence-corrected chi connectivity index (χ1v) is 40.9. The van der Waals surface area contributed by atoms with Gasteiger partial charge in [0.05, 0.1) is 25.7 Å². The fourth-order valence-corrected chi connectivity index (χ4v) is 12.2. The number of amides is 20. The Morgan fingerprint density at radius 2 is 0.752 bits per heavy atom. The molecule has 22 N–H and O–H groups in total. The van der Waals surface area contributed by atoms with Crippen LogP contribution in [0.15, 0.2) is 0 Å². The van der Waals surface area contributed by atoms with Gasteiger partial charge < -0.3 is 112 Å². The Kier molecular flexibility index (Phi) is 40.6. The van der Waals surface area contributed by atoms with Gasteiger partial charge in [-0.2, -0.15) is 0 Å². The van der Waals surface area contributed by atoms with Gasteiger partial charge >= 0.3 is 0 Å². The highest BCUT2D eigenvalue weighted by molar-refractivity contribution is 6.04. The molecule has 1 aliphatic heterocycles. The average molecular weight is 1720 g/mol. The molecule has 20 amide bonds. The molecule has 121 heavy (non-hydrogen) atoms. The summed E-state index contributed by atoms with van der Waals surface area (Å²) in [5.41, 5.74) is -4.87. The van der Waals surface area contributed by atoms with Gasteiger partial charge in [0.1, 0.15) is 86.1 Å². The van der Waals surface area contributed by atoms with Crippen molar-refractivity contribution in [2.24, 2.45) is 29.2 Å². The minimum absolute atomic E-state index is 0.0442. The molecule has 0 aromatic heterocycles. The third-order valence-corrected chi connectivity index (χ3v) is 20.2. The first-order valence-electron chi connectivity index (χ1n) is 40.9. The van der Waals surface area contributed by atoms with Crippen LogP contribution in [0.5, 0.6) is 0 Å². The summed E-state index contributed by atoms with van der Waals surface area (Å²) in [5, 5.41) is 53.4. The van der Waals surface area contributed by atoms with Crippen LogP contribution in [0, 0.1) is 17.8 Å². The van der Waals surface area contributed by atoms with Gasteiger partial charge in [0, 0.05) is 26.3 Å². The minimum atomic E-state index is -1.86. The van der Waals surface area contributed by atoms with E-state index in [1.54, 1.807) is 34.6 Å². The van der Waals surface area contributed by atoms with Gasteiger partial charge in [0.15, 0.2) is 0 Å². The molecule has 686 valence electrons. The molecule has 41 heteroatoms. The Morgan fingerprint density at radius 1 is 0.380 bits per heavy atom. The van der Waals surface area contributed by atoms with E-state index in [2.05, 4.69) is 90.4 Å². The fraction of sp³-hybridized carbons (Fsp3) is 0.750. The molecule has 0 aliphatic carbocycles. The number of rotatable bonds is 49. The minimum Gasteiger partial charge on any atom is -0.394 e. The number of hydrogen-bond donors (Lipinski definition) is 20. The molecule has 0 bridgehead atoms. The third-order valence-electron chi connectivity index (χ3n) is 20.2. The summed E-state index contributed by atoms with van der Waals surface area (Å²) in [6.45, 7) is 36.3. The maximum Gasteiger partial charge on any atom is 0.248 e. The summed E-state index contributed by atoms with van der Waals surface area (Å²) in [7, 11) is 0. The van der Waals surface area contributed by atoms with Crippen molar-refractivity contribution in [3.8, 4) is 0 Å². The molecule has 0 spiro atoms. The number of nitrogens with one attached hydrogen (secondary N) is 17. The summed E-state index contributed by atoms with van der Waals surface area (Å²) in [6.07, 6.45) is -0.554. The second kappa shape index (κ2) is 45.3. The molecular formula is C80H140N20O21. The topological polar surface area (TPSA) is 621 Å². The summed E-state index contributed by atoms with van der Waals surface area (Å²) >= 11 is 0. The van der Waals surface area contributed by atoms with Crippen molar-refractivity contribution in [1.29, 1.82) is 0 Å². The highest BCUT2D eigenvalue weighted by atomic mass is 16.3. The van der Waals surface area contributed by atoms with Gasteiger partial charge in [0.25, 0.3) is 0 Å². The predicted octanol–water partition coefficient (Wildman–Crippen LogP) is -3.35. The molecule has 0 radical (unpaired) electrons. The van der Waals surface area contributed by atoms with Crippen LogP contribution in [-0.2, 0) is 95.9 Å². The van der Waals surface area contributed by atoms with Crippen molar-refractivity contribution < 1.29 is 101 Å². The lowest BCUT2D eigenvalue weighted by Gasteiger charge is -2.37. The van der Waals surface area contributed by atoms with E-state index in [9.17, 15) is 101 Å². The Morgan fingerprint density at radius 3 is 1.20 bits per heavy atom. The molecule has 9 atom stereocenters. The lowest BCUT2D eigenvalue weighted by Crippen LogP contribution is -2.68. The Hall–Kier alpha value is -10.6. The van der Waals surface area contributed by atoms with Crippen LogP contribution in [0.4, 0.5) is 0 Å². The van der Waals surface area contributed by atoms with Gasteiger partial charge in [-0.1, -0.05) is 55.4 Å². The summed E-state index contributed by atoms with van der Waals surface area (Å²) in [6, 6.07) is -8.47. The van der Waals surface area contributed by atoms with Crippen molar-refractivity contribution >= 4 is 118 Å². The normalized spacial score (nSPS) is 15.8. The molecule has 1 heterocycles. The third kappa shape index (κ3) is 34.8. The SMILES string of the molecule is CCC(C)(NC(=O)C(CC(C)C)NC(=O)C(C)NC(=O)CNC(=O)C(C)(C)NC(C)=O)C(=O)NC(CCC(N)=O)C(=O)NC(C)(CC)C(=O)NC(C)(C)C(=O)NC(C)(C)C(=O)NCC(=O)NC(C)(C)C(=O)NC(C)(C)C(=O)N1CCCC1C(=O)NC(CC(C)C)C(=O)NC(C)(C)C(=O)NC(C)(C)C(=O)NC(CCC(N)=O)C(=O)NC(CO)CC(C)C. The second-order valence-corrected chi connectivity index (χ2v) is 36.5. The number of carbonyl (C=O) groups is 20. The van der Waals surface area contributed by atoms with Crippen LogP contribution < -0.4 is 102 Å². The largest absolute Gasteiger partial charge is 0.394 e. The van der Waals surface area contributed by atoms with Gasteiger partial charge in [-0.25, -0.2) is 0 Å². The van der Waals surface area contributed by atoms with Crippen LogP contribution in [-0.4, -0.2) is 247 Å². The van der Waals surface area contributed by atoms with Crippen LogP contribution in [0.3, 0.4) is 0 Å². The van der Waals surface area contributed by atoms with E-state index in [1.807, 2.05) is 13.8 Å². The molecule has 1 fully saturated rings. The van der Waals surface area contributed by atoms with Gasteiger partial charge in [0.2, 0.25) is 118 Å². The number of nitrogens with zero attached hydrogens (tertiary/aromatic N) is 1. The zero-order chi connectivity index (χ0) is 94.0. The van der Waals surface area contributed by atoms with Crippen molar-refractivity contribution in [2.45, 2.75) is 343 Å². The highest BCUT2D eigenvalue weighted by Crippen LogP contribution is 2.25. The van der Waals surface area contributed by atoms with Crippen molar-refractivity contribution in [3.05, 3.63) is 0 Å². The zero-order valence-corrected chi connectivity index (χ0v) is 75.6. The van der Waals surface area contributed by atoms with Gasteiger partial charge in [-0.05, 0) is 193 Å². The maximum absolute atomic E-state index is 14.4. The van der Waals surface area contributed by atoms with Crippen LogP contribution in [0.2, 0.25) is 0 Å². The summed E-state index contributed by atoms with van der Waals surface area (Å²) in [5.74, 6) is -16.6. The van der Waals surface area contributed by atoms with E-state index in [1.165, 1.54) is 136 Å². The molecule has 41 nitrogen and oxygen atoms in total.